The zero-order valence-electron chi connectivity index (χ0n) is 19.4. The molecule has 0 bridgehead atoms. The molecule has 2 aromatic rings. The summed E-state index contributed by atoms with van der Waals surface area (Å²) < 4.78 is 19.9. The Bertz CT molecular complexity index is 879. The fraction of sp³-hybridized carbons (Fsp3) is 0.591. The number of carbonyl (C=O) groups excluding carboxylic acids is 2. The van der Waals surface area contributed by atoms with E-state index in [1.807, 2.05) is 27.7 Å². The van der Waals surface area contributed by atoms with Crippen molar-refractivity contribution in [1.82, 2.24) is 30.8 Å². The third-order valence-corrected chi connectivity index (χ3v) is 4.72. The summed E-state index contributed by atoms with van der Waals surface area (Å²) in [4.78, 5) is 24.7. The van der Waals surface area contributed by atoms with Gasteiger partial charge in [0.05, 0.1) is 0 Å². The van der Waals surface area contributed by atoms with Crippen molar-refractivity contribution in [2.45, 2.75) is 78.0 Å². The summed E-state index contributed by atoms with van der Waals surface area (Å²) in [7, 11) is 0. The Morgan fingerprint density at radius 3 is 2.47 bits per heavy atom. The number of rotatable bonds is 10. The van der Waals surface area contributed by atoms with Crippen LogP contribution < -0.4 is 10.6 Å². The molecular weight excluding hydrogens is 415 g/mol. The normalized spacial score (nSPS) is 13.3. The summed E-state index contributed by atoms with van der Waals surface area (Å²) >= 11 is 0. The van der Waals surface area contributed by atoms with Crippen molar-refractivity contribution in [1.29, 1.82) is 0 Å². The van der Waals surface area contributed by atoms with Gasteiger partial charge in [0.1, 0.15) is 23.3 Å². The monoisotopic (exact) mass is 448 g/mol. The first-order chi connectivity index (χ1) is 15.0. The maximum absolute atomic E-state index is 13.2. The number of nitrogens with zero attached hydrogens (tertiary/aromatic N) is 4. The second-order valence-corrected chi connectivity index (χ2v) is 8.85. The van der Waals surface area contributed by atoms with Crippen molar-refractivity contribution < 1.29 is 18.7 Å². The van der Waals surface area contributed by atoms with Gasteiger partial charge in [0.15, 0.2) is 0 Å². The van der Waals surface area contributed by atoms with Gasteiger partial charge in [0.2, 0.25) is 5.91 Å². The van der Waals surface area contributed by atoms with Gasteiger partial charge >= 0.3 is 6.09 Å². The quantitative estimate of drug-likeness (QED) is 0.540. The molecule has 0 fully saturated rings. The lowest BCUT2D eigenvalue weighted by molar-refractivity contribution is -0.125. The Hall–Kier alpha value is -3.04. The molecule has 32 heavy (non-hydrogen) atoms. The van der Waals surface area contributed by atoms with Gasteiger partial charge in [-0.2, -0.15) is 0 Å². The Labute approximate surface area is 188 Å². The number of ether oxygens (including phenoxy) is 1. The highest BCUT2D eigenvalue weighted by molar-refractivity contribution is 5.80. The Morgan fingerprint density at radius 2 is 1.88 bits per heavy atom. The minimum Gasteiger partial charge on any atom is -0.444 e. The van der Waals surface area contributed by atoms with Crippen LogP contribution in [0.5, 0.6) is 0 Å². The molecule has 9 nitrogen and oxygen atoms in total. The van der Waals surface area contributed by atoms with E-state index < -0.39 is 17.7 Å². The van der Waals surface area contributed by atoms with Crippen molar-refractivity contribution in [3.05, 3.63) is 41.5 Å². The van der Waals surface area contributed by atoms with E-state index in [0.29, 0.717) is 18.8 Å². The fourth-order valence-electron chi connectivity index (χ4n) is 3.15. The summed E-state index contributed by atoms with van der Waals surface area (Å²) in [5.74, 6) is -0.0135. The minimum atomic E-state index is -0.647. The first kappa shape index (κ1) is 25.2. The lowest BCUT2D eigenvalue weighted by Gasteiger charge is -2.21. The van der Waals surface area contributed by atoms with Crippen molar-refractivity contribution in [3.8, 4) is 0 Å². The van der Waals surface area contributed by atoms with Crippen LogP contribution in [0, 0.1) is 12.7 Å². The number of unbranched alkanes of at least 4 members (excludes halogenated alkanes) is 1. The van der Waals surface area contributed by atoms with Gasteiger partial charge in [-0.05, 0) is 82.0 Å². The number of benzene rings is 1. The molecule has 2 N–H and O–H groups in total. The molecule has 1 heterocycles. The lowest BCUT2D eigenvalue weighted by atomic mass is 10.0. The van der Waals surface area contributed by atoms with Crippen molar-refractivity contribution >= 4 is 12.0 Å². The maximum Gasteiger partial charge on any atom is 0.407 e. The zero-order valence-corrected chi connectivity index (χ0v) is 19.4. The average Bonchev–Trinajstić information content (AvgIpc) is 3.11. The number of amides is 2. The number of nitrogens with one attached hydrogen (secondary N) is 2. The van der Waals surface area contributed by atoms with E-state index in [1.165, 1.54) is 16.8 Å². The number of tetrazole rings is 1. The van der Waals surface area contributed by atoms with Crippen LogP contribution in [-0.4, -0.2) is 50.4 Å². The molecule has 0 aliphatic carbocycles. The molecule has 0 saturated heterocycles. The van der Waals surface area contributed by atoms with E-state index >= 15 is 0 Å². The molecule has 0 spiro atoms. The molecule has 176 valence electrons. The van der Waals surface area contributed by atoms with E-state index in [1.54, 1.807) is 19.1 Å². The van der Waals surface area contributed by atoms with Crippen LogP contribution in [0.1, 0.15) is 64.4 Å². The number of hydrogen-bond donors (Lipinski definition) is 2. The number of carbonyl (C=O) groups is 2. The molecule has 0 aliphatic heterocycles. The van der Waals surface area contributed by atoms with Crippen LogP contribution in [0.15, 0.2) is 24.3 Å². The molecule has 2 atom stereocenters. The van der Waals surface area contributed by atoms with Crippen LogP contribution in [0.4, 0.5) is 9.18 Å². The molecule has 1 aromatic heterocycles. The maximum atomic E-state index is 13.2. The molecule has 1 aromatic carbocycles. The smallest absolute Gasteiger partial charge is 0.407 e. The van der Waals surface area contributed by atoms with Crippen molar-refractivity contribution in [2.75, 3.05) is 6.54 Å². The zero-order chi connectivity index (χ0) is 23.7. The molecule has 10 heteroatoms. The molecule has 0 aliphatic rings. The van der Waals surface area contributed by atoms with E-state index in [9.17, 15) is 14.0 Å². The molecule has 0 saturated carbocycles. The predicted octanol–water partition coefficient (Wildman–Crippen LogP) is 3.10. The second-order valence-electron chi connectivity index (χ2n) is 8.85. The Balaban J connectivity index is 1.84. The summed E-state index contributed by atoms with van der Waals surface area (Å²) in [6.07, 6.45) is 2.25. The summed E-state index contributed by atoms with van der Waals surface area (Å²) in [6.45, 7) is 9.62. The van der Waals surface area contributed by atoms with Crippen LogP contribution in [0.25, 0.3) is 0 Å². The average molecular weight is 449 g/mol. The molecule has 2 amide bonds. The van der Waals surface area contributed by atoms with Crippen LogP contribution in [0.2, 0.25) is 0 Å². The van der Waals surface area contributed by atoms with Crippen LogP contribution in [0.3, 0.4) is 0 Å². The Morgan fingerprint density at radius 1 is 1.19 bits per heavy atom. The first-order valence-electron chi connectivity index (χ1n) is 10.8. The van der Waals surface area contributed by atoms with E-state index in [0.717, 1.165) is 24.8 Å². The number of alkyl carbamates (subject to hydrolysis) is 1. The highest BCUT2D eigenvalue weighted by Crippen LogP contribution is 2.16. The third-order valence-electron chi connectivity index (χ3n) is 4.72. The predicted molar refractivity (Wildman–Crippen MR) is 117 cm³/mol. The third kappa shape index (κ3) is 8.60. The van der Waals surface area contributed by atoms with Gasteiger partial charge in [-0.25, -0.2) is 13.9 Å². The highest BCUT2D eigenvalue weighted by Gasteiger charge is 2.25. The topological polar surface area (TPSA) is 111 Å². The molecule has 2 rings (SSSR count). The van der Waals surface area contributed by atoms with Crippen molar-refractivity contribution in [3.63, 3.8) is 0 Å². The van der Waals surface area contributed by atoms with Crippen LogP contribution in [-0.2, 0) is 16.0 Å². The minimum absolute atomic E-state index is 0.0727. The number of aryl methyl sites for hydroxylation is 1. The summed E-state index contributed by atoms with van der Waals surface area (Å²) in [5.41, 5.74) is 0.285. The van der Waals surface area contributed by atoms with E-state index in [4.69, 9.17) is 4.74 Å². The van der Waals surface area contributed by atoms with E-state index in [-0.39, 0.29) is 17.8 Å². The molecule has 2 unspecified atom stereocenters. The molecule has 0 radical (unpaired) electrons. The Kier molecular flexibility index (Phi) is 9.10. The lowest BCUT2D eigenvalue weighted by Crippen LogP contribution is -2.40. The van der Waals surface area contributed by atoms with Crippen molar-refractivity contribution in [2.24, 2.45) is 0 Å². The van der Waals surface area contributed by atoms with Gasteiger partial charge in [0, 0.05) is 19.0 Å². The number of hydrogen-bond acceptors (Lipinski definition) is 6. The van der Waals surface area contributed by atoms with Gasteiger partial charge in [0.25, 0.3) is 0 Å². The van der Waals surface area contributed by atoms with Gasteiger partial charge in [-0.1, -0.05) is 12.1 Å². The number of aromatic nitrogens is 4. The van der Waals surface area contributed by atoms with Gasteiger partial charge in [-0.3, -0.25) is 4.79 Å². The standard InChI is InChI=1S/C22H33FN6O3/c1-15(8-6-7-13-24-21(31)32-22(3,4)5)25-20(30)19(29-16(2)26-27-28-29)14-17-9-11-18(23)12-10-17/h9-12,15,19H,6-8,13-14H2,1-5H3,(H,24,31)(H,25,30). The van der Waals surface area contributed by atoms with Gasteiger partial charge < -0.3 is 15.4 Å². The van der Waals surface area contributed by atoms with Crippen LogP contribution >= 0.6 is 0 Å². The SMILES string of the molecule is Cc1nnnn1C(Cc1ccc(F)cc1)C(=O)NC(C)CCCCNC(=O)OC(C)(C)C. The summed E-state index contributed by atoms with van der Waals surface area (Å²) in [5, 5.41) is 17.2. The van der Waals surface area contributed by atoms with E-state index in [2.05, 4.69) is 26.2 Å². The molecular formula is C22H33FN6O3. The second kappa shape index (κ2) is 11.5. The number of halogens is 1. The highest BCUT2D eigenvalue weighted by atomic mass is 19.1. The first-order valence-corrected chi connectivity index (χ1v) is 10.8. The summed E-state index contributed by atoms with van der Waals surface area (Å²) in [6, 6.07) is 5.31. The van der Waals surface area contributed by atoms with Gasteiger partial charge in [-0.15, -0.1) is 5.10 Å². The fourth-order valence-corrected chi connectivity index (χ4v) is 3.15. The largest absolute Gasteiger partial charge is 0.444 e.